The van der Waals surface area contributed by atoms with Gasteiger partial charge in [-0.15, -0.1) is 11.6 Å². The van der Waals surface area contributed by atoms with E-state index in [1.807, 2.05) is 0 Å². The maximum atomic E-state index is 11.9. The lowest BCUT2D eigenvalue weighted by atomic mass is 10.8. The molecule has 56 valence electrons. The second kappa shape index (κ2) is 3.81. The molecule has 0 amide bonds. The molecule has 0 spiro atoms. The van der Waals surface area contributed by atoms with Crippen molar-refractivity contribution in [1.82, 2.24) is 0 Å². The van der Waals surface area contributed by atoms with Gasteiger partial charge < -0.3 is 9.79 Å². The van der Waals surface area contributed by atoms with E-state index >= 15 is 0 Å². The largest absolute Gasteiger partial charge is 0.324 e. The Bertz CT molecular complexity index is 127. The molecule has 0 rings (SSSR count). The molecule has 0 aliphatic rings. The first-order chi connectivity index (χ1) is 3.95. The van der Waals surface area contributed by atoms with Gasteiger partial charge in [-0.3, -0.25) is 4.52 Å². The van der Waals surface area contributed by atoms with Crippen molar-refractivity contribution in [2.75, 3.05) is 5.88 Å². The van der Waals surface area contributed by atoms with Crippen LogP contribution in [0.2, 0.25) is 0 Å². The Hall–Kier alpha value is 0.750. The second-order valence-corrected chi connectivity index (χ2v) is 4.09. The molecule has 2 N–H and O–H groups in total. The van der Waals surface area contributed by atoms with E-state index in [-0.39, 0.29) is 0 Å². The van der Waals surface area contributed by atoms with Crippen molar-refractivity contribution in [2.24, 2.45) is 0 Å². The first-order valence-electron chi connectivity index (χ1n) is 1.89. The van der Waals surface area contributed by atoms with Crippen molar-refractivity contribution < 1.29 is 18.7 Å². The maximum Gasteiger partial charge on any atom is 0.324 e. The summed E-state index contributed by atoms with van der Waals surface area (Å²) in [6.07, 6.45) is -1.90. The molecule has 0 aliphatic heterocycles. The summed E-state index contributed by atoms with van der Waals surface area (Å²) < 4.78 is 15.7. The second-order valence-electron chi connectivity index (χ2n) is 1.16. The number of halogens is 2. The summed E-state index contributed by atoms with van der Waals surface area (Å²) in [4.78, 5) is 16.6. The van der Waals surface area contributed by atoms with Gasteiger partial charge in [0.1, 0.15) is 0 Å². The molecule has 0 fully saturated rings. The van der Waals surface area contributed by atoms with Crippen LogP contribution in [0.5, 0.6) is 0 Å². The van der Waals surface area contributed by atoms with Crippen LogP contribution in [0.15, 0.2) is 0 Å². The molecule has 0 aromatic rings. The molecule has 0 saturated carbocycles. The average molecular weight is 195 g/mol. The first-order valence-corrected chi connectivity index (χ1v) is 5.05. The molecular formula is C2H5ClFO3PS. The van der Waals surface area contributed by atoms with Crippen LogP contribution in [-0.2, 0) is 16.3 Å². The topological polar surface area (TPSA) is 49.7 Å². The Morgan fingerprint density at radius 2 is 2.22 bits per heavy atom. The maximum absolute atomic E-state index is 11.9. The Morgan fingerprint density at radius 1 is 1.78 bits per heavy atom. The van der Waals surface area contributed by atoms with Gasteiger partial charge in [0.2, 0.25) is 6.36 Å². The lowest BCUT2D eigenvalue weighted by molar-refractivity contribution is 0.0729. The number of hydrogen-bond donors (Lipinski definition) is 2. The van der Waals surface area contributed by atoms with E-state index in [2.05, 4.69) is 16.3 Å². The van der Waals surface area contributed by atoms with E-state index in [1.165, 1.54) is 0 Å². The lowest BCUT2D eigenvalue weighted by Gasteiger charge is -2.09. The molecule has 0 aliphatic carbocycles. The summed E-state index contributed by atoms with van der Waals surface area (Å²) in [6.45, 7) is -3.86. The third-order valence-corrected chi connectivity index (χ3v) is 1.38. The van der Waals surface area contributed by atoms with Crippen LogP contribution in [0.1, 0.15) is 0 Å². The van der Waals surface area contributed by atoms with Crippen LogP contribution >= 0.6 is 18.3 Å². The quantitative estimate of drug-likeness (QED) is 0.514. The van der Waals surface area contributed by atoms with Crippen molar-refractivity contribution in [1.29, 1.82) is 0 Å². The summed E-state index contributed by atoms with van der Waals surface area (Å²) in [5.74, 6) is -0.459. The minimum Gasteiger partial charge on any atom is -0.324 e. The number of hydrogen-bond acceptors (Lipinski definition) is 2. The van der Waals surface area contributed by atoms with E-state index in [9.17, 15) is 4.39 Å². The van der Waals surface area contributed by atoms with Crippen LogP contribution < -0.4 is 0 Å². The van der Waals surface area contributed by atoms with E-state index < -0.39 is 19.0 Å². The molecular weight excluding hydrogens is 190 g/mol. The number of alkyl halides is 2. The summed E-state index contributed by atoms with van der Waals surface area (Å²) >= 11 is 8.84. The summed E-state index contributed by atoms with van der Waals surface area (Å²) in [5.41, 5.74) is 0. The molecule has 0 aromatic carbocycles. The van der Waals surface area contributed by atoms with E-state index in [4.69, 9.17) is 21.4 Å². The zero-order chi connectivity index (χ0) is 7.49. The highest BCUT2D eigenvalue weighted by Gasteiger charge is 2.15. The Kier molecular flexibility index (Phi) is 4.12. The highest BCUT2D eigenvalue weighted by Crippen LogP contribution is 2.38. The Morgan fingerprint density at radius 3 is 2.33 bits per heavy atom. The van der Waals surface area contributed by atoms with Crippen molar-refractivity contribution in [2.45, 2.75) is 6.36 Å². The lowest BCUT2D eigenvalue weighted by Crippen LogP contribution is -2.04. The molecule has 0 aromatic heterocycles. The molecule has 0 saturated heterocycles. The van der Waals surface area contributed by atoms with Gasteiger partial charge in [0.05, 0.1) is 5.88 Å². The molecule has 0 bridgehead atoms. The normalized spacial score (nSPS) is 15.6. The van der Waals surface area contributed by atoms with E-state index in [0.29, 0.717) is 0 Å². The third-order valence-electron chi connectivity index (χ3n) is 0.373. The van der Waals surface area contributed by atoms with Crippen LogP contribution in [0.3, 0.4) is 0 Å². The molecule has 1 unspecified atom stereocenters. The fourth-order valence-corrected chi connectivity index (χ4v) is 0.981. The molecule has 9 heavy (non-hydrogen) atoms. The minimum absolute atomic E-state index is 0.459. The van der Waals surface area contributed by atoms with Gasteiger partial charge in [-0.2, -0.15) is 0 Å². The van der Waals surface area contributed by atoms with Crippen LogP contribution in [0.4, 0.5) is 4.39 Å². The fraction of sp³-hybridized carbons (Fsp3) is 1.00. The van der Waals surface area contributed by atoms with Gasteiger partial charge in [0, 0.05) is 0 Å². The van der Waals surface area contributed by atoms with Gasteiger partial charge in [0.25, 0.3) is 0 Å². The number of rotatable bonds is 3. The molecule has 3 nitrogen and oxygen atoms in total. The van der Waals surface area contributed by atoms with Crippen molar-refractivity contribution in [3.05, 3.63) is 0 Å². The predicted molar refractivity (Wildman–Crippen MR) is 35.4 cm³/mol. The predicted octanol–water partition coefficient (Wildman–Crippen LogP) is 0.746. The molecule has 0 radical (unpaired) electrons. The van der Waals surface area contributed by atoms with Gasteiger partial charge in [-0.1, -0.05) is 0 Å². The fourth-order valence-electron chi connectivity index (χ4n) is 0.177. The van der Waals surface area contributed by atoms with Gasteiger partial charge in [-0.25, -0.2) is 4.39 Å². The first kappa shape index (κ1) is 9.75. The minimum atomic E-state index is -3.86. The van der Waals surface area contributed by atoms with Gasteiger partial charge in [0.15, 0.2) is 0 Å². The molecule has 0 heterocycles. The monoisotopic (exact) mass is 194 g/mol. The smallest absolute Gasteiger partial charge is 0.324 e. The van der Waals surface area contributed by atoms with Crippen LogP contribution in [-0.4, -0.2) is 22.0 Å². The van der Waals surface area contributed by atoms with Crippen molar-refractivity contribution >= 4 is 30.1 Å². The molecule has 7 heteroatoms. The highest BCUT2D eigenvalue weighted by molar-refractivity contribution is 8.06. The Balaban J connectivity index is 3.60. The average Bonchev–Trinajstić information content (AvgIpc) is 1.62. The summed E-state index contributed by atoms with van der Waals surface area (Å²) in [6, 6.07) is 0. The van der Waals surface area contributed by atoms with Crippen LogP contribution in [0.25, 0.3) is 0 Å². The van der Waals surface area contributed by atoms with Crippen molar-refractivity contribution in [3.63, 3.8) is 0 Å². The van der Waals surface area contributed by atoms with Crippen molar-refractivity contribution in [3.8, 4) is 0 Å². The summed E-state index contributed by atoms with van der Waals surface area (Å²) in [5, 5.41) is 0. The molecule has 1 atom stereocenters. The van der Waals surface area contributed by atoms with E-state index in [1.54, 1.807) is 0 Å². The zero-order valence-corrected chi connectivity index (χ0v) is 6.67. The van der Waals surface area contributed by atoms with Crippen LogP contribution in [0, 0.1) is 0 Å². The SMILES string of the molecule is OP(O)(=S)OC(F)CCl. The van der Waals surface area contributed by atoms with Gasteiger partial charge >= 0.3 is 6.72 Å². The highest BCUT2D eigenvalue weighted by atomic mass is 35.5. The standard InChI is InChI=1S/C2H5ClFO3PS/c3-1-2(4)7-8(5,6)9/h2H,1H2,(H2,5,6,9). The van der Waals surface area contributed by atoms with Gasteiger partial charge in [-0.05, 0) is 11.8 Å². The zero-order valence-electron chi connectivity index (χ0n) is 4.20. The van der Waals surface area contributed by atoms with E-state index in [0.717, 1.165) is 0 Å². The third kappa shape index (κ3) is 6.64. The summed E-state index contributed by atoms with van der Waals surface area (Å²) in [7, 11) is 0. The Labute approximate surface area is 61.7 Å².